The number of hydrogen-bond acceptors (Lipinski definition) is 8. The van der Waals surface area contributed by atoms with E-state index in [1.807, 2.05) is 62.4 Å². The molecule has 0 bridgehead atoms. The predicted molar refractivity (Wildman–Crippen MR) is 252 cm³/mol. The number of hydrogen-bond donors (Lipinski definition) is 8. The first-order chi connectivity index (χ1) is 30.7. The number of benzene rings is 10. The summed E-state index contributed by atoms with van der Waals surface area (Å²) in [5, 5.41) is 95.4. The lowest BCUT2D eigenvalue weighted by atomic mass is 9.67. The van der Waals surface area contributed by atoms with Gasteiger partial charge in [0, 0.05) is 22.3 Å². The summed E-state index contributed by atoms with van der Waals surface area (Å²) >= 11 is 0. The molecule has 0 spiro atoms. The molecule has 314 valence electrons. The Balaban J connectivity index is 1.15. The Hall–Kier alpha value is -8.36. The molecule has 0 saturated heterocycles. The minimum atomic E-state index is -1.25. The fourth-order valence-electron chi connectivity index (χ4n) is 10.1. The van der Waals surface area contributed by atoms with Crippen molar-refractivity contribution in [2.75, 3.05) is 0 Å². The van der Waals surface area contributed by atoms with Gasteiger partial charge in [-0.25, -0.2) is 0 Å². The molecule has 0 unspecified atom stereocenters. The molecule has 0 aliphatic rings. The van der Waals surface area contributed by atoms with E-state index in [0.717, 1.165) is 32.7 Å². The Kier molecular flexibility index (Phi) is 9.09. The van der Waals surface area contributed by atoms with E-state index in [0.29, 0.717) is 54.9 Å². The van der Waals surface area contributed by atoms with E-state index in [2.05, 4.69) is 0 Å². The number of fused-ring (bicyclic) bond motifs is 4. The zero-order chi connectivity index (χ0) is 44.7. The van der Waals surface area contributed by atoms with Gasteiger partial charge in [-0.3, -0.25) is 0 Å². The molecule has 0 heterocycles. The van der Waals surface area contributed by atoms with Gasteiger partial charge in [0.25, 0.3) is 0 Å². The average molecular weight is 843 g/mol. The first-order valence-electron chi connectivity index (χ1n) is 20.8. The van der Waals surface area contributed by atoms with Crippen LogP contribution in [0.4, 0.5) is 0 Å². The van der Waals surface area contributed by atoms with Gasteiger partial charge < -0.3 is 40.9 Å². The third-order valence-electron chi connectivity index (χ3n) is 13.2. The summed E-state index contributed by atoms with van der Waals surface area (Å²) in [4.78, 5) is 0. The van der Waals surface area contributed by atoms with Crippen molar-refractivity contribution in [3.8, 4) is 57.1 Å². The van der Waals surface area contributed by atoms with Crippen LogP contribution in [-0.4, -0.2) is 40.9 Å². The van der Waals surface area contributed by atoms with Crippen molar-refractivity contribution in [3.63, 3.8) is 0 Å². The molecular weight excluding hydrogens is 801 g/mol. The Morgan fingerprint density at radius 3 is 0.719 bits per heavy atom. The summed E-state index contributed by atoms with van der Waals surface area (Å²) in [6.45, 7) is 3.83. The van der Waals surface area contributed by atoms with Crippen molar-refractivity contribution in [3.05, 3.63) is 203 Å². The summed E-state index contributed by atoms with van der Waals surface area (Å²) in [7, 11) is 0. The van der Waals surface area contributed by atoms with Crippen molar-refractivity contribution >= 4 is 43.1 Å². The highest BCUT2D eigenvalue weighted by Gasteiger charge is 2.41. The molecule has 8 N–H and O–H groups in total. The van der Waals surface area contributed by atoms with Crippen molar-refractivity contribution in [2.45, 2.75) is 24.7 Å². The van der Waals surface area contributed by atoms with Crippen LogP contribution in [0.2, 0.25) is 0 Å². The van der Waals surface area contributed by atoms with Gasteiger partial charge in [-0.1, -0.05) is 97.1 Å². The number of phenolic OH excluding ortho intramolecular Hbond substituents is 8. The van der Waals surface area contributed by atoms with Crippen LogP contribution in [0.25, 0.3) is 54.2 Å². The van der Waals surface area contributed by atoms with Gasteiger partial charge in [-0.2, -0.15) is 0 Å². The summed E-state index contributed by atoms with van der Waals surface area (Å²) < 4.78 is 0. The Morgan fingerprint density at radius 2 is 0.484 bits per heavy atom. The van der Waals surface area contributed by atoms with Crippen LogP contribution in [0.1, 0.15) is 47.2 Å². The molecule has 0 saturated carbocycles. The monoisotopic (exact) mass is 842 g/mol. The maximum absolute atomic E-state index is 11.8. The van der Waals surface area contributed by atoms with Crippen molar-refractivity contribution in [1.82, 2.24) is 0 Å². The maximum atomic E-state index is 11.8. The summed E-state index contributed by atoms with van der Waals surface area (Å²) in [5.41, 5.74) is 2.44. The number of phenols is 8. The second kappa shape index (κ2) is 14.6. The van der Waals surface area contributed by atoms with Crippen LogP contribution in [0.5, 0.6) is 46.0 Å². The third kappa shape index (κ3) is 6.14. The SMILES string of the molecule is CC(c1ccc(-c2ccc(C(C)(c3c(O)ccc4ccc(O)cc34)c3c(O)ccc4ccc(O)cc34)cc2)cc1)(c1c(O)ccc2ccc(O)cc12)c1c(O)ccc2ccc(O)cc12. The molecule has 0 radical (unpaired) electrons. The Labute approximate surface area is 367 Å². The largest absolute Gasteiger partial charge is 0.508 e. The van der Waals surface area contributed by atoms with E-state index in [1.165, 1.54) is 0 Å². The van der Waals surface area contributed by atoms with Crippen molar-refractivity contribution < 1.29 is 40.9 Å². The second-order valence-electron chi connectivity index (χ2n) is 16.9. The highest BCUT2D eigenvalue weighted by Crippen LogP contribution is 2.54. The van der Waals surface area contributed by atoms with Crippen LogP contribution >= 0.6 is 0 Å². The van der Waals surface area contributed by atoms with Crippen molar-refractivity contribution in [1.29, 1.82) is 0 Å². The van der Waals surface area contributed by atoms with Crippen LogP contribution in [0.15, 0.2) is 170 Å². The van der Waals surface area contributed by atoms with E-state index in [1.54, 1.807) is 121 Å². The Morgan fingerprint density at radius 1 is 0.266 bits per heavy atom. The van der Waals surface area contributed by atoms with Gasteiger partial charge in [0.2, 0.25) is 0 Å². The van der Waals surface area contributed by atoms with Gasteiger partial charge in [0.05, 0.1) is 10.8 Å². The summed E-state index contributed by atoms with van der Waals surface area (Å²) in [5.74, 6) is -0.116. The molecule has 64 heavy (non-hydrogen) atoms. The van der Waals surface area contributed by atoms with Crippen LogP contribution < -0.4 is 0 Å². The predicted octanol–water partition coefficient (Wildman–Crippen LogP) is 12.3. The van der Waals surface area contributed by atoms with Gasteiger partial charge >= 0.3 is 0 Å². The molecule has 8 nitrogen and oxygen atoms in total. The minimum Gasteiger partial charge on any atom is -0.508 e. The lowest BCUT2D eigenvalue weighted by molar-refractivity contribution is 0.443. The number of aromatic hydroxyl groups is 8. The quantitative estimate of drug-likeness (QED) is 0.0736. The Bertz CT molecular complexity index is 3060. The maximum Gasteiger partial charge on any atom is 0.120 e. The number of rotatable bonds is 7. The molecular formula is C56H42O8. The van der Waals surface area contributed by atoms with E-state index in [9.17, 15) is 40.9 Å². The molecule has 10 aromatic rings. The topological polar surface area (TPSA) is 162 Å². The molecule has 0 fully saturated rings. The first kappa shape index (κ1) is 39.8. The zero-order valence-corrected chi connectivity index (χ0v) is 34.7. The third-order valence-corrected chi connectivity index (χ3v) is 13.2. The van der Waals surface area contributed by atoms with Gasteiger partial charge in [0.1, 0.15) is 46.0 Å². The average Bonchev–Trinajstić information content (AvgIpc) is 3.28. The van der Waals surface area contributed by atoms with E-state index in [4.69, 9.17) is 0 Å². The lowest BCUT2D eigenvalue weighted by Crippen LogP contribution is -2.26. The normalized spacial score (nSPS) is 12.1. The molecule has 0 atom stereocenters. The standard InChI is InChI=1S/C56H42O8/c1-55(51-43-27-39(57)19-7-33(43)11-23-47(51)61,52-44-28-40(58)20-8-34(44)12-24-48(52)62)37-15-3-31(4-16-37)32-5-17-38(18-6-32)56(2,53-45-29-41(59)21-9-35(45)13-25-49(53)63)54-46-30-42(60)22-10-36(46)14-26-50(54)64/h3-30,57-64H,1-2H3. The van der Waals surface area contributed by atoms with E-state index < -0.39 is 10.8 Å². The van der Waals surface area contributed by atoms with Crippen LogP contribution in [0.3, 0.4) is 0 Å². The van der Waals surface area contributed by atoms with E-state index >= 15 is 0 Å². The van der Waals surface area contributed by atoms with Gasteiger partial charge in [-0.05, 0) is 152 Å². The molecule has 8 heteroatoms. The van der Waals surface area contributed by atoms with Crippen molar-refractivity contribution in [2.24, 2.45) is 0 Å². The highest BCUT2D eigenvalue weighted by molar-refractivity contribution is 5.98. The molecule has 0 aliphatic carbocycles. The zero-order valence-electron chi connectivity index (χ0n) is 34.7. The van der Waals surface area contributed by atoms with Crippen LogP contribution in [-0.2, 0) is 10.8 Å². The second-order valence-corrected chi connectivity index (χ2v) is 16.9. The highest BCUT2D eigenvalue weighted by atomic mass is 16.3. The minimum absolute atomic E-state index is 0.0130. The molecule has 0 aliphatic heterocycles. The smallest absolute Gasteiger partial charge is 0.120 e. The van der Waals surface area contributed by atoms with E-state index in [-0.39, 0.29) is 46.0 Å². The summed E-state index contributed by atoms with van der Waals surface area (Å²) in [6.07, 6.45) is 0. The van der Waals surface area contributed by atoms with Crippen LogP contribution in [0, 0.1) is 0 Å². The molecule has 10 rings (SSSR count). The summed E-state index contributed by atoms with van der Waals surface area (Å²) in [6, 6.07) is 49.0. The van der Waals surface area contributed by atoms with Gasteiger partial charge in [0.15, 0.2) is 0 Å². The fraction of sp³-hybridized carbons (Fsp3) is 0.0714. The molecule has 0 amide bonds. The fourth-order valence-corrected chi connectivity index (χ4v) is 10.1. The molecule has 0 aromatic heterocycles. The lowest BCUT2D eigenvalue weighted by Gasteiger charge is -2.35. The van der Waals surface area contributed by atoms with Gasteiger partial charge in [-0.15, -0.1) is 0 Å². The first-order valence-corrected chi connectivity index (χ1v) is 20.8. The molecule has 10 aromatic carbocycles.